The average molecular weight is 358 g/mol. The van der Waals surface area contributed by atoms with E-state index in [-0.39, 0.29) is 11.5 Å². The predicted octanol–water partition coefficient (Wildman–Crippen LogP) is 4.05. The molecule has 142 valence electrons. The van der Waals surface area contributed by atoms with E-state index in [1.54, 1.807) is 0 Å². The molecule has 0 aromatic heterocycles. The maximum atomic E-state index is 5.74. The van der Waals surface area contributed by atoms with Gasteiger partial charge in [0.2, 0.25) is 0 Å². The van der Waals surface area contributed by atoms with E-state index in [2.05, 4.69) is 51.1 Å². The van der Waals surface area contributed by atoms with Gasteiger partial charge in [0.15, 0.2) is 0 Å². The van der Waals surface area contributed by atoms with E-state index in [4.69, 9.17) is 18.9 Å². The Labute approximate surface area is 156 Å². The van der Waals surface area contributed by atoms with E-state index in [0.29, 0.717) is 25.9 Å². The molecule has 3 rings (SSSR count). The molecule has 0 radical (unpaired) electrons. The lowest BCUT2D eigenvalue weighted by atomic mass is 9.77. The van der Waals surface area contributed by atoms with Gasteiger partial charge in [-0.2, -0.15) is 0 Å². The van der Waals surface area contributed by atoms with Crippen LogP contribution >= 0.6 is 0 Å². The summed E-state index contributed by atoms with van der Waals surface area (Å²) >= 11 is 0. The molecule has 2 aliphatic rings. The maximum absolute atomic E-state index is 5.74. The van der Waals surface area contributed by atoms with Gasteiger partial charge in [-0.3, -0.25) is 0 Å². The van der Waals surface area contributed by atoms with Gasteiger partial charge in [0.25, 0.3) is 0 Å². The van der Waals surface area contributed by atoms with E-state index >= 15 is 0 Å². The molecule has 0 spiro atoms. The van der Waals surface area contributed by atoms with Gasteiger partial charge >= 0.3 is 0 Å². The summed E-state index contributed by atoms with van der Waals surface area (Å²) in [5.41, 5.74) is 2.49. The molecule has 2 atom stereocenters. The highest BCUT2D eigenvalue weighted by Crippen LogP contribution is 2.33. The van der Waals surface area contributed by atoms with Crippen LogP contribution in [-0.4, -0.2) is 45.2 Å². The zero-order valence-electron chi connectivity index (χ0n) is 16.1. The van der Waals surface area contributed by atoms with Crippen molar-refractivity contribution in [2.24, 2.45) is 0 Å². The molecule has 2 unspecified atom stereocenters. The van der Waals surface area contributed by atoms with Gasteiger partial charge in [-0.15, -0.1) is 0 Å². The van der Waals surface area contributed by atoms with Crippen molar-refractivity contribution < 1.29 is 18.9 Å². The summed E-state index contributed by atoms with van der Waals surface area (Å²) in [5, 5.41) is 0. The van der Waals surface area contributed by atoms with Gasteiger partial charge < -0.3 is 18.9 Å². The molecular formula is C22H30O4. The van der Waals surface area contributed by atoms with E-state index in [9.17, 15) is 0 Å². The van der Waals surface area contributed by atoms with Crippen molar-refractivity contribution in [1.82, 2.24) is 0 Å². The van der Waals surface area contributed by atoms with Crippen LogP contribution in [-0.2, 0) is 19.6 Å². The zero-order valence-corrected chi connectivity index (χ0v) is 16.1. The van der Waals surface area contributed by atoms with Gasteiger partial charge in [0.05, 0.1) is 26.4 Å². The molecule has 1 aromatic rings. The molecule has 0 amide bonds. The van der Waals surface area contributed by atoms with Gasteiger partial charge in [0, 0.05) is 5.41 Å². The summed E-state index contributed by atoms with van der Waals surface area (Å²) in [7, 11) is 0. The molecule has 4 heteroatoms. The Hall–Kier alpha value is -1.62. The van der Waals surface area contributed by atoms with Crippen LogP contribution in [0.25, 0.3) is 0 Å². The molecule has 0 bridgehead atoms. The number of hydrogen-bond acceptors (Lipinski definition) is 4. The van der Waals surface area contributed by atoms with E-state index in [1.807, 2.05) is 12.1 Å². The summed E-state index contributed by atoms with van der Waals surface area (Å²) in [6.07, 6.45) is 8.17. The van der Waals surface area contributed by atoms with Gasteiger partial charge in [-0.05, 0) is 29.7 Å². The fraction of sp³-hybridized carbons (Fsp3) is 0.545. The quantitative estimate of drug-likeness (QED) is 0.340. The second-order valence-electron chi connectivity index (χ2n) is 7.38. The van der Waals surface area contributed by atoms with Crippen molar-refractivity contribution in [3.8, 4) is 5.75 Å². The Kier molecular flexibility index (Phi) is 6.52. The molecular weight excluding hydrogens is 328 g/mol. The van der Waals surface area contributed by atoms with Crippen LogP contribution in [0.1, 0.15) is 32.8 Å². The van der Waals surface area contributed by atoms with E-state index in [0.717, 1.165) is 25.4 Å². The molecule has 26 heavy (non-hydrogen) atoms. The van der Waals surface area contributed by atoms with Gasteiger partial charge in [0.1, 0.15) is 24.6 Å². The average Bonchev–Trinajstić information content (AvgIpc) is 3.54. The van der Waals surface area contributed by atoms with Crippen molar-refractivity contribution in [3.63, 3.8) is 0 Å². The fourth-order valence-electron chi connectivity index (χ4n) is 2.85. The molecule has 0 aliphatic carbocycles. The number of rotatable bonds is 11. The van der Waals surface area contributed by atoms with E-state index < -0.39 is 0 Å². The fourth-order valence-corrected chi connectivity index (χ4v) is 2.85. The Bertz CT molecular complexity index is 622. The lowest BCUT2D eigenvalue weighted by molar-refractivity contribution is 0.141. The lowest BCUT2D eigenvalue weighted by Gasteiger charge is -2.27. The molecule has 0 N–H and O–H groups in total. The molecule has 2 fully saturated rings. The van der Waals surface area contributed by atoms with Crippen LogP contribution in [0.2, 0.25) is 0 Å². The number of hydrogen-bond donors (Lipinski definition) is 0. The van der Waals surface area contributed by atoms with Crippen molar-refractivity contribution in [2.45, 2.75) is 44.8 Å². The monoisotopic (exact) mass is 358 g/mol. The summed E-state index contributed by atoms with van der Waals surface area (Å²) in [6, 6.07) is 8.40. The largest absolute Gasteiger partial charge is 0.491 e. The first-order valence-corrected chi connectivity index (χ1v) is 9.51. The van der Waals surface area contributed by atoms with Crippen LogP contribution in [0.4, 0.5) is 0 Å². The lowest BCUT2D eigenvalue weighted by Crippen LogP contribution is -2.19. The minimum Gasteiger partial charge on any atom is -0.491 e. The Balaban J connectivity index is 1.59. The Morgan fingerprint density at radius 3 is 2.38 bits per heavy atom. The van der Waals surface area contributed by atoms with Crippen molar-refractivity contribution in [1.29, 1.82) is 0 Å². The maximum Gasteiger partial charge on any atom is 0.119 e. The Morgan fingerprint density at radius 1 is 1.12 bits per heavy atom. The summed E-state index contributed by atoms with van der Waals surface area (Å²) in [4.78, 5) is 0. The Morgan fingerprint density at radius 2 is 1.77 bits per heavy atom. The first-order chi connectivity index (χ1) is 12.6. The highest BCUT2D eigenvalue weighted by Gasteiger charge is 2.25. The minimum absolute atomic E-state index is 0.0791. The third-order valence-electron chi connectivity index (χ3n) is 4.78. The second kappa shape index (κ2) is 8.85. The van der Waals surface area contributed by atoms with Crippen LogP contribution in [0.3, 0.4) is 0 Å². The van der Waals surface area contributed by atoms with Crippen molar-refractivity contribution >= 4 is 0 Å². The highest BCUT2D eigenvalue weighted by molar-refractivity contribution is 5.42. The normalized spacial score (nSPS) is 22.7. The summed E-state index contributed by atoms with van der Waals surface area (Å²) in [5.74, 6) is 0.896. The van der Waals surface area contributed by atoms with Crippen LogP contribution in [0.5, 0.6) is 5.75 Å². The first kappa shape index (κ1) is 19.2. The number of allylic oxidation sites excluding steroid dienone is 3. The van der Waals surface area contributed by atoms with Crippen LogP contribution in [0.15, 0.2) is 48.1 Å². The highest BCUT2D eigenvalue weighted by atomic mass is 16.6. The smallest absolute Gasteiger partial charge is 0.119 e. The molecule has 2 saturated heterocycles. The number of epoxide rings is 2. The summed E-state index contributed by atoms with van der Waals surface area (Å²) in [6.45, 7) is 10.3. The van der Waals surface area contributed by atoms with Gasteiger partial charge in [-0.1, -0.05) is 51.1 Å². The molecule has 1 aromatic carbocycles. The predicted molar refractivity (Wildman–Crippen MR) is 103 cm³/mol. The molecule has 4 nitrogen and oxygen atoms in total. The number of benzene rings is 1. The van der Waals surface area contributed by atoms with Crippen LogP contribution < -0.4 is 4.74 Å². The zero-order chi connectivity index (χ0) is 18.4. The molecule has 0 saturated carbocycles. The van der Waals surface area contributed by atoms with Gasteiger partial charge in [-0.25, -0.2) is 0 Å². The molecule has 2 aliphatic heterocycles. The van der Waals surface area contributed by atoms with Crippen LogP contribution in [0, 0.1) is 0 Å². The minimum atomic E-state index is -0.0791. The second-order valence-corrected chi connectivity index (χ2v) is 7.38. The number of ether oxygens (including phenoxy) is 4. The van der Waals surface area contributed by atoms with Crippen molar-refractivity contribution in [3.05, 3.63) is 53.6 Å². The topological polar surface area (TPSA) is 43.5 Å². The SMILES string of the molecule is CC/C=C(\C=C/COCC1CO1)C(C)(C)c1ccc(OCC2CO2)cc1. The third-order valence-corrected chi connectivity index (χ3v) is 4.78. The molecule has 2 heterocycles. The summed E-state index contributed by atoms with van der Waals surface area (Å²) < 4.78 is 21.7. The standard InChI is InChI=1S/C22H30O4/c1-4-6-17(7-5-12-23-13-20-14-25-20)22(2,3)18-8-10-19(11-9-18)24-15-21-16-26-21/h5-11,20-21H,4,12-16H2,1-3H3/b7-5-,17-6+. The van der Waals surface area contributed by atoms with Crippen molar-refractivity contribution in [2.75, 3.05) is 33.0 Å². The first-order valence-electron chi connectivity index (χ1n) is 9.51. The third kappa shape index (κ3) is 5.70. The van der Waals surface area contributed by atoms with E-state index in [1.165, 1.54) is 11.1 Å².